The Morgan fingerprint density at radius 2 is 1.94 bits per heavy atom. The molecule has 1 amide bonds. The number of aryl methyl sites for hydroxylation is 1. The van der Waals surface area contributed by atoms with Gasteiger partial charge in [-0.25, -0.2) is 5.43 Å². The van der Waals surface area contributed by atoms with E-state index in [4.69, 9.17) is 4.74 Å². The molecular formula is C24H19N3O4S. The third-order valence-corrected chi connectivity index (χ3v) is 5.80. The van der Waals surface area contributed by atoms with Crippen molar-refractivity contribution >= 4 is 39.2 Å². The van der Waals surface area contributed by atoms with Crippen molar-refractivity contribution in [3.8, 4) is 5.75 Å². The third kappa shape index (κ3) is 5.16. The summed E-state index contributed by atoms with van der Waals surface area (Å²) in [5.41, 5.74) is 5.58. The monoisotopic (exact) mass is 445 g/mol. The largest absolute Gasteiger partial charge is 0.489 e. The van der Waals surface area contributed by atoms with Crippen LogP contribution >= 0.6 is 11.3 Å². The first kappa shape index (κ1) is 21.2. The summed E-state index contributed by atoms with van der Waals surface area (Å²) in [7, 11) is 0. The lowest BCUT2D eigenvalue weighted by atomic mass is 10.1. The fraction of sp³-hybridized carbons (Fsp3) is 0.0833. The van der Waals surface area contributed by atoms with Crippen molar-refractivity contribution in [1.29, 1.82) is 0 Å². The molecule has 32 heavy (non-hydrogen) atoms. The van der Waals surface area contributed by atoms with Crippen molar-refractivity contribution in [2.75, 3.05) is 0 Å². The molecule has 0 atom stereocenters. The normalized spacial score (nSPS) is 11.0. The van der Waals surface area contributed by atoms with Crippen LogP contribution in [-0.4, -0.2) is 17.0 Å². The molecule has 0 saturated carbocycles. The van der Waals surface area contributed by atoms with E-state index in [-0.39, 0.29) is 11.6 Å². The number of thiophene rings is 1. The molecule has 0 saturated heterocycles. The average molecular weight is 446 g/mol. The maximum atomic E-state index is 12.4. The van der Waals surface area contributed by atoms with Gasteiger partial charge in [0.25, 0.3) is 11.6 Å². The van der Waals surface area contributed by atoms with E-state index in [1.807, 2.05) is 49.4 Å². The van der Waals surface area contributed by atoms with Crippen LogP contribution < -0.4 is 10.2 Å². The molecule has 0 unspecified atom stereocenters. The van der Waals surface area contributed by atoms with Gasteiger partial charge in [-0.1, -0.05) is 29.8 Å². The highest BCUT2D eigenvalue weighted by molar-refractivity contribution is 7.20. The second-order valence-electron chi connectivity index (χ2n) is 7.14. The molecule has 0 aliphatic carbocycles. The van der Waals surface area contributed by atoms with Gasteiger partial charge in [0.2, 0.25) is 0 Å². The zero-order valence-corrected chi connectivity index (χ0v) is 18.0. The second-order valence-corrected chi connectivity index (χ2v) is 8.22. The Hall–Kier alpha value is -4.04. The van der Waals surface area contributed by atoms with Crippen LogP contribution in [0.25, 0.3) is 10.1 Å². The zero-order chi connectivity index (χ0) is 22.5. The molecule has 8 heteroatoms. The Morgan fingerprint density at radius 3 is 2.69 bits per heavy atom. The van der Waals surface area contributed by atoms with Gasteiger partial charge < -0.3 is 4.74 Å². The summed E-state index contributed by atoms with van der Waals surface area (Å²) < 4.78 is 6.60. The number of rotatable bonds is 7. The summed E-state index contributed by atoms with van der Waals surface area (Å²) in [4.78, 5) is 23.2. The number of carbonyl (C=O) groups excluding carboxylic acids is 1. The van der Waals surface area contributed by atoms with E-state index in [2.05, 4.69) is 16.6 Å². The van der Waals surface area contributed by atoms with E-state index in [1.54, 1.807) is 18.3 Å². The first-order valence-corrected chi connectivity index (χ1v) is 10.6. The van der Waals surface area contributed by atoms with Crippen LogP contribution in [0.4, 0.5) is 5.69 Å². The van der Waals surface area contributed by atoms with Crippen LogP contribution in [0.2, 0.25) is 0 Å². The molecule has 160 valence electrons. The lowest BCUT2D eigenvalue weighted by Gasteiger charge is -2.07. The highest BCUT2D eigenvalue weighted by Crippen LogP contribution is 2.28. The summed E-state index contributed by atoms with van der Waals surface area (Å²) in [6.45, 7) is 2.53. The Labute approximate surface area is 188 Å². The minimum absolute atomic E-state index is 0.00779. The number of nitrogens with one attached hydrogen (secondary N) is 1. The topological polar surface area (TPSA) is 93.8 Å². The molecule has 4 rings (SSSR count). The lowest BCUT2D eigenvalue weighted by Crippen LogP contribution is -2.16. The lowest BCUT2D eigenvalue weighted by molar-refractivity contribution is -0.384. The number of nitrogens with zero attached hydrogens (tertiary/aromatic N) is 2. The summed E-state index contributed by atoms with van der Waals surface area (Å²) in [5.74, 6) is 0.371. The average Bonchev–Trinajstić information content (AvgIpc) is 3.22. The molecule has 0 radical (unpaired) electrons. The van der Waals surface area contributed by atoms with Crippen molar-refractivity contribution < 1.29 is 14.5 Å². The fourth-order valence-corrected chi connectivity index (χ4v) is 4.03. The van der Waals surface area contributed by atoms with E-state index in [0.717, 1.165) is 21.6 Å². The van der Waals surface area contributed by atoms with E-state index in [0.29, 0.717) is 16.9 Å². The van der Waals surface area contributed by atoms with E-state index in [9.17, 15) is 14.9 Å². The Balaban J connectivity index is 1.33. The van der Waals surface area contributed by atoms with Crippen LogP contribution in [-0.2, 0) is 6.61 Å². The third-order valence-electron chi connectivity index (χ3n) is 4.68. The molecule has 0 aliphatic rings. The molecule has 3 aromatic carbocycles. The van der Waals surface area contributed by atoms with Gasteiger partial charge in [-0.05, 0) is 54.4 Å². The van der Waals surface area contributed by atoms with Crippen LogP contribution in [0.5, 0.6) is 5.75 Å². The van der Waals surface area contributed by atoms with Crippen molar-refractivity contribution in [2.24, 2.45) is 5.10 Å². The molecule has 0 spiro atoms. The molecule has 0 aliphatic heterocycles. The number of benzene rings is 3. The fourth-order valence-electron chi connectivity index (χ4n) is 3.10. The first-order valence-electron chi connectivity index (χ1n) is 9.78. The van der Waals surface area contributed by atoms with Gasteiger partial charge in [0.15, 0.2) is 0 Å². The quantitative estimate of drug-likeness (QED) is 0.232. The van der Waals surface area contributed by atoms with Crippen molar-refractivity contribution in [3.05, 3.63) is 104 Å². The van der Waals surface area contributed by atoms with E-state index < -0.39 is 4.92 Å². The Bertz CT molecular complexity index is 1310. The number of fused-ring (bicyclic) bond motifs is 1. The van der Waals surface area contributed by atoms with Gasteiger partial charge in [-0.15, -0.1) is 11.3 Å². The molecule has 0 bridgehead atoms. The maximum Gasteiger partial charge on any atom is 0.281 e. The van der Waals surface area contributed by atoms with Gasteiger partial charge in [-0.3, -0.25) is 14.9 Å². The van der Waals surface area contributed by atoms with Gasteiger partial charge in [0, 0.05) is 22.2 Å². The highest BCUT2D eigenvalue weighted by atomic mass is 32.1. The maximum absolute atomic E-state index is 12.4. The molecule has 4 aromatic rings. The number of hydrazone groups is 1. The summed E-state index contributed by atoms with van der Waals surface area (Å²) in [5, 5.41) is 15.6. The number of hydrogen-bond donors (Lipinski definition) is 1. The molecule has 7 nitrogen and oxygen atoms in total. The first-order chi connectivity index (χ1) is 15.5. The van der Waals surface area contributed by atoms with Crippen LogP contribution in [0.1, 0.15) is 26.4 Å². The molecule has 1 heterocycles. The van der Waals surface area contributed by atoms with Crippen molar-refractivity contribution in [1.82, 2.24) is 5.43 Å². The molecule has 1 aromatic heterocycles. The summed E-state index contributed by atoms with van der Waals surface area (Å²) >= 11 is 1.25. The van der Waals surface area contributed by atoms with E-state index >= 15 is 0 Å². The molecule has 0 fully saturated rings. The molecule has 1 N–H and O–H groups in total. The standard InChI is InChI=1S/C24H19N3O4S/c1-16-3-2-4-18(11-16)15-31-21-8-5-17(6-9-21)14-25-26-24(28)23-13-19-12-20(27(29)30)7-10-22(19)32-23/h2-14H,15H2,1H3,(H,26,28)/b25-14-. The van der Waals surface area contributed by atoms with Crippen molar-refractivity contribution in [3.63, 3.8) is 0 Å². The van der Waals surface area contributed by atoms with Gasteiger partial charge in [-0.2, -0.15) is 5.10 Å². The zero-order valence-electron chi connectivity index (χ0n) is 17.1. The number of amides is 1. The van der Waals surface area contributed by atoms with Gasteiger partial charge in [0.05, 0.1) is 16.0 Å². The SMILES string of the molecule is Cc1cccc(COc2ccc(/C=N\NC(=O)c3cc4cc([N+](=O)[O-])ccc4s3)cc2)c1. The predicted octanol–water partition coefficient (Wildman–Crippen LogP) is 5.46. The van der Waals surface area contributed by atoms with Gasteiger partial charge in [0.1, 0.15) is 12.4 Å². The summed E-state index contributed by atoms with van der Waals surface area (Å²) in [6.07, 6.45) is 1.54. The Kier molecular flexibility index (Phi) is 6.23. The number of carbonyl (C=O) groups is 1. The van der Waals surface area contributed by atoms with E-state index in [1.165, 1.54) is 29.0 Å². The van der Waals surface area contributed by atoms with Crippen LogP contribution in [0, 0.1) is 17.0 Å². The van der Waals surface area contributed by atoms with Crippen LogP contribution in [0.3, 0.4) is 0 Å². The number of non-ortho nitro benzene ring substituents is 1. The van der Waals surface area contributed by atoms with Gasteiger partial charge >= 0.3 is 0 Å². The number of nitro benzene ring substituents is 1. The molecular weight excluding hydrogens is 426 g/mol. The number of nitro groups is 1. The second kappa shape index (κ2) is 9.40. The highest BCUT2D eigenvalue weighted by Gasteiger charge is 2.12. The van der Waals surface area contributed by atoms with Crippen molar-refractivity contribution in [2.45, 2.75) is 13.5 Å². The number of ether oxygens (including phenoxy) is 1. The smallest absolute Gasteiger partial charge is 0.281 e. The summed E-state index contributed by atoms with van der Waals surface area (Å²) in [6, 6.07) is 21.7. The van der Waals surface area contributed by atoms with Crippen LogP contribution in [0.15, 0.2) is 77.9 Å². The minimum Gasteiger partial charge on any atom is -0.489 e. The predicted molar refractivity (Wildman–Crippen MR) is 125 cm³/mol. The minimum atomic E-state index is -0.458. The Morgan fingerprint density at radius 1 is 1.12 bits per heavy atom. The number of hydrogen-bond acceptors (Lipinski definition) is 6.